The van der Waals surface area contributed by atoms with Gasteiger partial charge in [-0.25, -0.2) is 9.59 Å². The lowest BCUT2D eigenvalue weighted by Gasteiger charge is -2.09. The molecule has 0 aliphatic carbocycles. The molecule has 6 nitrogen and oxygen atoms in total. The molecule has 8 heteroatoms. The lowest BCUT2D eigenvalue weighted by molar-refractivity contribution is -0.138. The first-order valence-corrected chi connectivity index (χ1v) is 8.71. The zero-order valence-corrected chi connectivity index (χ0v) is 14.8. The summed E-state index contributed by atoms with van der Waals surface area (Å²) in [5.41, 5.74) is 0. The van der Waals surface area contributed by atoms with Crippen LogP contribution in [0.1, 0.15) is 27.7 Å². The van der Waals surface area contributed by atoms with Crippen molar-refractivity contribution in [1.82, 2.24) is 0 Å². The van der Waals surface area contributed by atoms with E-state index in [0.29, 0.717) is 11.5 Å². The molecular weight excluding hydrogens is 328 g/mol. The van der Waals surface area contributed by atoms with Crippen LogP contribution >= 0.6 is 23.5 Å². The number of hydrogen-bond acceptors (Lipinski definition) is 8. The van der Waals surface area contributed by atoms with Crippen LogP contribution in [0.2, 0.25) is 0 Å². The number of aliphatic hydroxyl groups is 2. The second-order valence-corrected chi connectivity index (χ2v) is 6.18. The summed E-state index contributed by atoms with van der Waals surface area (Å²) in [6, 6.07) is 0. The van der Waals surface area contributed by atoms with Crippen molar-refractivity contribution in [3.63, 3.8) is 0 Å². The van der Waals surface area contributed by atoms with Crippen molar-refractivity contribution in [2.24, 2.45) is 0 Å². The number of esters is 2. The molecule has 126 valence electrons. The summed E-state index contributed by atoms with van der Waals surface area (Å²) in [6.45, 7) is 6.64. The van der Waals surface area contributed by atoms with Crippen LogP contribution in [0.15, 0.2) is 21.3 Å². The van der Waals surface area contributed by atoms with Crippen LogP contribution in [-0.2, 0) is 19.1 Å². The second kappa shape index (κ2) is 11.3. The van der Waals surface area contributed by atoms with Gasteiger partial charge in [0.25, 0.3) is 0 Å². The minimum absolute atomic E-state index is 0.104. The van der Waals surface area contributed by atoms with Crippen LogP contribution in [0.25, 0.3) is 0 Å². The van der Waals surface area contributed by atoms with Crippen molar-refractivity contribution >= 4 is 35.5 Å². The Labute approximate surface area is 138 Å². The van der Waals surface area contributed by atoms with Gasteiger partial charge >= 0.3 is 11.9 Å². The summed E-state index contributed by atoms with van der Waals surface area (Å²) in [7, 11) is 0. The lowest BCUT2D eigenvalue weighted by atomic mass is 10.5. The highest BCUT2D eigenvalue weighted by molar-refractivity contribution is 8.07. The molecule has 0 aliphatic heterocycles. The Morgan fingerprint density at radius 1 is 0.818 bits per heavy atom. The standard InChI is InChI=1S/C14H22O6S2/c1-5-19-13(17)11(9(3)15)21-7-8-22-12(10(4)16)14(18)20-6-2/h15-16H,5-8H2,1-4H3. The molecular formula is C14H22O6S2. The number of carbonyl (C=O) groups is 2. The zero-order chi connectivity index (χ0) is 17.1. The highest BCUT2D eigenvalue weighted by Crippen LogP contribution is 2.25. The van der Waals surface area contributed by atoms with Crippen molar-refractivity contribution in [2.45, 2.75) is 27.7 Å². The van der Waals surface area contributed by atoms with Crippen LogP contribution in [0.3, 0.4) is 0 Å². The van der Waals surface area contributed by atoms with Crippen LogP contribution in [0.4, 0.5) is 0 Å². The predicted molar refractivity (Wildman–Crippen MR) is 88.8 cm³/mol. The summed E-state index contributed by atoms with van der Waals surface area (Å²) >= 11 is 2.27. The average Bonchev–Trinajstić information content (AvgIpc) is 2.42. The van der Waals surface area contributed by atoms with E-state index in [2.05, 4.69) is 0 Å². The Hall–Kier alpha value is -1.28. The molecule has 0 heterocycles. The Morgan fingerprint density at radius 2 is 1.14 bits per heavy atom. The fourth-order valence-corrected chi connectivity index (χ4v) is 3.15. The SMILES string of the molecule is CCOC(=O)C(SCCSC(C(=O)OCC)=C(C)O)=C(C)O. The molecule has 0 rings (SSSR count). The van der Waals surface area contributed by atoms with Gasteiger partial charge in [0.15, 0.2) is 0 Å². The van der Waals surface area contributed by atoms with E-state index in [9.17, 15) is 19.8 Å². The molecule has 0 saturated carbocycles. The highest BCUT2D eigenvalue weighted by atomic mass is 32.2. The normalized spacial score (nSPS) is 13.1. The quantitative estimate of drug-likeness (QED) is 0.283. The Balaban J connectivity index is 4.51. The maximum atomic E-state index is 11.6. The van der Waals surface area contributed by atoms with E-state index < -0.39 is 11.9 Å². The van der Waals surface area contributed by atoms with Crippen molar-refractivity contribution in [1.29, 1.82) is 0 Å². The number of carbonyl (C=O) groups excluding carboxylic acids is 2. The third-order valence-corrected chi connectivity index (χ3v) is 4.73. The fourth-order valence-electron chi connectivity index (χ4n) is 1.30. The predicted octanol–water partition coefficient (Wildman–Crippen LogP) is 3.16. The van der Waals surface area contributed by atoms with Crippen molar-refractivity contribution in [3.05, 3.63) is 21.3 Å². The van der Waals surface area contributed by atoms with Crippen molar-refractivity contribution < 1.29 is 29.3 Å². The van der Waals surface area contributed by atoms with E-state index in [1.807, 2.05) is 0 Å². The first-order valence-electron chi connectivity index (χ1n) is 6.74. The van der Waals surface area contributed by atoms with E-state index in [0.717, 1.165) is 23.5 Å². The van der Waals surface area contributed by atoms with Gasteiger partial charge in [0.05, 0.1) is 13.2 Å². The van der Waals surface area contributed by atoms with Gasteiger partial charge in [-0.05, 0) is 27.7 Å². The van der Waals surface area contributed by atoms with E-state index in [4.69, 9.17) is 9.47 Å². The molecule has 0 saturated heterocycles. The first-order chi connectivity index (χ1) is 10.3. The van der Waals surface area contributed by atoms with Gasteiger partial charge < -0.3 is 19.7 Å². The topological polar surface area (TPSA) is 93.1 Å². The second-order valence-electron chi connectivity index (χ2n) is 3.97. The number of thioether (sulfide) groups is 2. The molecule has 0 aliphatic rings. The summed E-state index contributed by atoms with van der Waals surface area (Å²) in [6.07, 6.45) is 0. The number of aliphatic hydroxyl groups excluding tert-OH is 2. The Kier molecular flexibility index (Phi) is 10.7. The van der Waals surface area contributed by atoms with Crippen LogP contribution in [0, 0.1) is 0 Å². The molecule has 22 heavy (non-hydrogen) atoms. The van der Waals surface area contributed by atoms with Gasteiger partial charge in [0.2, 0.25) is 0 Å². The van der Waals surface area contributed by atoms with Crippen LogP contribution in [-0.4, -0.2) is 46.9 Å². The molecule has 0 aromatic carbocycles. The lowest BCUT2D eigenvalue weighted by Crippen LogP contribution is -2.09. The average molecular weight is 350 g/mol. The molecule has 0 fully saturated rings. The summed E-state index contributed by atoms with van der Waals surface area (Å²) in [4.78, 5) is 23.5. The van der Waals surface area contributed by atoms with Crippen LogP contribution < -0.4 is 0 Å². The molecule has 0 atom stereocenters. The Bertz CT molecular complexity index is 406. The van der Waals surface area contributed by atoms with E-state index in [1.54, 1.807) is 13.8 Å². The van der Waals surface area contributed by atoms with Crippen molar-refractivity contribution in [3.8, 4) is 0 Å². The van der Waals surface area contributed by atoms with Crippen LogP contribution in [0.5, 0.6) is 0 Å². The zero-order valence-electron chi connectivity index (χ0n) is 13.2. The molecule has 0 spiro atoms. The van der Waals surface area contributed by atoms with Gasteiger partial charge in [-0.3, -0.25) is 0 Å². The maximum absolute atomic E-state index is 11.6. The number of allylic oxidation sites excluding steroid dienone is 2. The van der Waals surface area contributed by atoms with E-state index >= 15 is 0 Å². The highest BCUT2D eigenvalue weighted by Gasteiger charge is 2.17. The number of hydrogen-bond donors (Lipinski definition) is 2. The van der Waals surface area contributed by atoms with E-state index in [1.165, 1.54) is 13.8 Å². The monoisotopic (exact) mass is 350 g/mol. The summed E-state index contributed by atoms with van der Waals surface area (Å²) in [5.74, 6) is -0.449. The molecule has 0 aromatic rings. The fraction of sp³-hybridized carbons (Fsp3) is 0.571. The Morgan fingerprint density at radius 3 is 1.36 bits per heavy atom. The van der Waals surface area contributed by atoms with Crippen molar-refractivity contribution in [2.75, 3.05) is 24.7 Å². The molecule has 0 radical (unpaired) electrons. The smallest absolute Gasteiger partial charge is 0.348 e. The molecule has 2 N–H and O–H groups in total. The molecule has 0 amide bonds. The first kappa shape index (κ1) is 20.7. The summed E-state index contributed by atoms with van der Waals surface area (Å²) < 4.78 is 9.69. The molecule has 0 unspecified atom stereocenters. The van der Waals surface area contributed by atoms with Gasteiger partial charge in [-0.15, -0.1) is 23.5 Å². The molecule has 0 aromatic heterocycles. The van der Waals surface area contributed by atoms with Gasteiger partial charge in [0, 0.05) is 11.5 Å². The third-order valence-electron chi connectivity index (χ3n) is 2.16. The minimum atomic E-state index is -0.572. The molecule has 0 bridgehead atoms. The largest absolute Gasteiger partial charge is 0.511 e. The number of ether oxygens (including phenoxy) is 2. The summed E-state index contributed by atoms with van der Waals surface area (Å²) in [5, 5.41) is 19.0. The minimum Gasteiger partial charge on any atom is -0.511 e. The van der Waals surface area contributed by atoms with Gasteiger partial charge in [-0.1, -0.05) is 0 Å². The van der Waals surface area contributed by atoms with Gasteiger partial charge in [-0.2, -0.15) is 0 Å². The number of rotatable bonds is 9. The maximum Gasteiger partial charge on any atom is 0.348 e. The third kappa shape index (κ3) is 7.65. The van der Waals surface area contributed by atoms with E-state index in [-0.39, 0.29) is 34.5 Å². The van der Waals surface area contributed by atoms with Gasteiger partial charge in [0.1, 0.15) is 21.3 Å².